The Bertz CT molecular complexity index is 1760. The molecule has 0 aliphatic carbocycles. The van der Waals surface area contributed by atoms with Crippen LogP contribution >= 0.6 is 0 Å². The van der Waals surface area contributed by atoms with Crippen LogP contribution in [0.4, 0.5) is 4.39 Å². The highest BCUT2D eigenvalue weighted by atomic mass is 35.5. The Morgan fingerprint density at radius 2 is 1.00 bits per heavy atom. The number of H-pyrrole nitrogens is 2. The summed E-state index contributed by atoms with van der Waals surface area (Å²) >= 11 is 0. The minimum absolute atomic E-state index is 0. The molecule has 41 heavy (non-hydrogen) atoms. The van der Waals surface area contributed by atoms with E-state index >= 15 is 0 Å². The van der Waals surface area contributed by atoms with Gasteiger partial charge in [-0.1, -0.05) is 4.99 Å². The summed E-state index contributed by atoms with van der Waals surface area (Å²) < 4.78 is 12.8. The molecule has 7 rings (SSSR count). The molecule has 2 N–H and O–H groups in total. The van der Waals surface area contributed by atoms with Gasteiger partial charge >= 0.3 is 0 Å². The Morgan fingerprint density at radius 3 is 1.41 bits per heavy atom. The quantitative estimate of drug-likeness (QED) is 0.261. The van der Waals surface area contributed by atoms with E-state index in [1.54, 1.807) is 12.1 Å². The van der Waals surface area contributed by atoms with E-state index in [9.17, 15) is 4.39 Å². The average Bonchev–Trinajstić information content (AvgIpc) is 3.75. The predicted molar refractivity (Wildman–Crippen MR) is 164 cm³/mol. The zero-order chi connectivity index (χ0) is 27.6. The van der Waals surface area contributed by atoms with Gasteiger partial charge in [-0.2, -0.15) is 0 Å². The molecule has 5 nitrogen and oxygen atoms in total. The molecular weight excluding hydrogens is 533 g/mol. The number of allylic oxidation sites excluding steroid dienone is 3. The summed E-state index contributed by atoms with van der Waals surface area (Å²) in [6, 6.07) is 22.7. The normalized spacial score (nSPS) is 13.5. The van der Waals surface area contributed by atoms with Gasteiger partial charge in [0.05, 0.1) is 39.5 Å². The van der Waals surface area contributed by atoms with Crippen LogP contribution in [0.1, 0.15) is 49.1 Å². The van der Waals surface area contributed by atoms with Gasteiger partial charge in [-0.05, 0) is 111 Å². The number of halogens is 2. The van der Waals surface area contributed by atoms with Crippen molar-refractivity contribution in [2.24, 2.45) is 4.99 Å². The molecular formula is C34H27ClFN5. The number of fused-ring (bicyclic) bond motifs is 8. The van der Waals surface area contributed by atoms with Gasteiger partial charge in [0, 0.05) is 29.0 Å². The molecule has 6 heterocycles. The van der Waals surface area contributed by atoms with Gasteiger partial charge in [-0.15, -0.1) is 0 Å². The first-order valence-electron chi connectivity index (χ1n) is 13.1. The Hall–Kier alpha value is -4.90. The zero-order valence-corrected chi connectivity index (χ0v) is 23.6. The second kappa shape index (κ2) is 11.7. The second-order valence-electron chi connectivity index (χ2n) is 9.86. The van der Waals surface area contributed by atoms with Crippen LogP contribution in [0.15, 0.2) is 94.5 Å². The lowest BCUT2D eigenvalue weighted by Crippen LogP contribution is -3.00. The average molecular weight is 560 g/mol. The number of aromatic nitrogens is 4. The van der Waals surface area contributed by atoms with Crippen LogP contribution in [0.3, 0.4) is 0 Å². The SMILES string of the molecule is C1=Cc2cc3ccc(cc4nc(cc5ccc(cc1n2)[nH]5)C=C4)[nH]3.CC1=C(C)C(C)=C(c2ccc(F)cc2)N=[C+]1.[Cl-]. The molecule has 3 aliphatic rings. The number of nitrogens with zero attached hydrogens (tertiary/aromatic N) is 3. The van der Waals surface area contributed by atoms with E-state index in [2.05, 4.69) is 62.3 Å². The fraction of sp³-hybridized carbons (Fsp3) is 0.0882. The third-order valence-corrected chi connectivity index (χ3v) is 6.98. The molecule has 0 saturated heterocycles. The summed E-state index contributed by atoms with van der Waals surface area (Å²) in [6.07, 6.45) is 11.1. The molecule has 3 aromatic heterocycles. The Kier molecular flexibility index (Phi) is 7.88. The van der Waals surface area contributed by atoms with Crippen molar-refractivity contribution in [1.29, 1.82) is 0 Å². The minimum atomic E-state index is -0.228. The molecule has 0 radical (unpaired) electrons. The van der Waals surface area contributed by atoms with Crippen molar-refractivity contribution >= 4 is 58.3 Å². The number of aromatic amines is 2. The highest BCUT2D eigenvalue weighted by Crippen LogP contribution is 2.29. The van der Waals surface area contributed by atoms with Crippen molar-refractivity contribution in [2.75, 3.05) is 0 Å². The van der Waals surface area contributed by atoms with E-state index in [-0.39, 0.29) is 18.2 Å². The summed E-state index contributed by atoms with van der Waals surface area (Å²) in [5.41, 5.74) is 13.0. The molecule has 0 fully saturated rings. The van der Waals surface area contributed by atoms with Crippen molar-refractivity contribution in [3.63, 3.8) is 0 Å². The highest BCUT2D eigenvalue weighted by molar-refractivity contribution is 5.91. The van der Waals surface area contributed by atoms with Gasteiger partial charge in [-0.25, -0.2) is 14.4 Å². The minimum Gasteiger partial charge on any atom is -1.00 e. The third kappa shape index (κ3) is 6.30. The van der Waals surface area contributed by atoms with Crippen molar-refractivity contribution in [3.05, 3.63) is 124 Å². The molecule has 0 saturated carbocycles. The molecule has 0 amide bonds. The fourth-order valence-electron chi connectivity index (χ4n) is 4.60. The van der Waals surface area contributed by atoms with Crippen molar-refractivity contribution in [2.45, 2.75) is 20.8 Å². The highest BCUT2D eigenvalue weighted by Gasteiger charge is 2.21. The number of aliphatic imine (C=N–C) groups is 1. The predicted octanol–water partition coefficient (Wildman–Crippen LogP) is 5.51. The van der Waals surface area contributed by atoms with Crippen LogP contribution < -0.4 is 12.4 Å². The maximum Gasteiger partial charge on any atom is 0.190 e. The van der Waals surface area contributed by atoms with Crippen molar-refractivity contribution in [3.8, 4) is 0 Å². The second-order valence-corrected chi connectivity index (χ2v) is 9.86. The van der Waals surface area contributed by atoms with Crippen LogP contribution in [0, 0.1) is 5.82 Å². The summed E-state index contributed by atoms with van der Waals surface area (Å²) in [5, 5.41) is 0. The zero-order valence-electron chi connectivity index (χ0n) is 22.8. The first kappa shape index (κ1) is 27.7. The van der Waals surface area contributed by atoms with Crippen LogP contribution in [-0.2, 0) is 0 Å². The third-order valence-electron chi connectivity index (χ3n) is 6.98. The van der Waals surface area contributed by atoms with E-state index in [0.29, 0.717) is 0 Å². The summed E-state index contributed by atoms with van der Waals surface area (Å²) in [6.45, 7) is 6.07. The van der Waals surface area contributed by atoms with Crippen LogP contribution in [0.2, 0.25) is 0 Å². The maximum absolute atomic E-state index is 12.8. The van der Waals surface area contributed by atoms with Gasteiger partial charge in [0.15, 0.2) is 11.9 Å². The van der Waals surface area contributed by atoms with Gasteiger partial charge in [-0.3, -0.25) is 0 Å². The Balaban J connectivity index is 0.000000175. The lowest BCUT2D eigenvalue weighted by Gasteiger charge is -2.04. The molecule has 1 aromatic carbocycles. The maximum atomic E-state index is 12.8. The number of rotatable bonds is 1. The van der Waals surface area contributed by atoms with E-state index in [0.717, 1.165) is 67.2 Å². The lowest BCUT2D eigenvalue weighted by atomic mass is 9.97. The molecule has 0 unspecified atom stereocenters. The number of benzene rings is 1. The van der Waals surface area contributed by atoms with Crippen LogP contribution in [0.25, 0.3) is 52.1 Å². The van der Waals surface area contributed by atoms with Crippen molar-refractivity contribution < 1.29 is 16.8 Å². The van der Waals surface area contributed by atoms with E-state index in [4.69, 9.17) is 0 Å². The van der Waals surface area contributed by atoms with Crippen LogP contribution in [0.5, 0.6) is 0 Å². The van der Waals surface area contributed by atoms with Crippen molar-refractivity contribution in [1.82, 2.24) is 19.9 Å². The lowest BCUT2D eigenvalue weighted by molar-refractivity contribution is -0.00000880. The topological polar surface area (TPSA) is 69.7 Å². The standard InChI is InChI=1S/C20H14N4.C14H13FN.ClH/c1-2-14-10-16-5-6-18(23-16)12-20-8-7-19(24-20)11-17-4-3-15(22-17)9-13(1)21-14;1-9-8-16-14(11(3)10(9)2)12-4-6-13(15)7-5-12;/h1-12,21,24H;4-7H,1-3H3;1H/q;+1;/p-1. The summed E-state index contributed by atoms with van der Waals surface area (Å²) in [7, 11) is 0. The summed E-state index contributed by atoms with van der Waals surface area (Å²) in [5.74, 6) is -0.228. The van der Waals surface area contributed by atoms with E-state index in [1.165, 1.54) is 17.7 Å². The molecule has 0 spiro atoms. The van der Waals surface area contributed by atoms with Gasteiger partial charge < -0.3 is 22.4 Å². The number of hydrogen-bond acceptors (Lipinski definition) is 3. The van der Waals surface area contributed by atoms with Gasteiger partial charge in [0.1, 0.15) is 11.4 Å². The molecule has 3 aliphatic heterocycles. The van der Waals surface area contributed by atoms with E-state index < -0.39 is 0 Å². The molecule has 8 bridgehead atoms. The smallest absolute Gasteiger partial charge is 0.190 e. The first-order chi connectivity index (χ1) is 19.4. The molecule has 0 atom stereocenters. The first-order valence-corrected chi connectivity index (χ1v) is 13.1. The van der Waals surface area contributed by atoms with Crippen LogP contribution in [-0.4, -0.2) is 26.2 Å². The number of nitrogens with one attached hydrogen (secondary N) is 2. The van der Waals surface area contributed by atoms with Gasteiger partial charge in [0.25, 0.3) is 0 Å². The Morgan fingerprint density at radius 1 is 0.585 bits per heavy atom. The summed E-state index contributed by atoms with van der Waals surface area (Å²) in [4.78, 5) is 20.3. The Labute approximate surface area is 244 Å². The molecule has 202 valence electrons. The fourth-order valence-corrected chi connectivity index (χ4v) is 4.60. The molecule has 4 aromatic rings. The van der Waals surface area contributed by atoms with Gasteiger partial charge in [0.2, 0.25) is 0 Å². The molecule has 7 heteroatoms. The van der Waals surface area contributed by atoms with E-state index in [1.807, 2.05) is 62.4 Å². The largest absolute Gasteiger partial charge is 1.00 e. The monoisotopic (exact) mass is 559 g/mol. The number of hydrogen-bond donors (Lipinski definition) is 2.